The van der Waals surface area contributed by atoms with E-state index in [4.69, 9.17) is 4.74 Å². The molecule has 0 amide bonds. The molecular weight excluding hydrogens is 314 g/mol. The average molecular weight is 333 g/mol. The summed E-state index contributed by atoms with van der Waals surface area (Å²) in [5.41, 5.74) is 0.706. The van der Waals surface area contributed by atoms with Crippen LogP contribution in [0.3, 0.4) is 0 Å². The molecule has 8 heteroatoms. The number of hydrogen-bond acceptors (Lipinski definition) is 5. The van der Waals surface area contributed by atoms with Crippen molar-refractivity contribution >= 4 is 22.6 Å². The maximum Gasteiger partial charge on any atom is 0.311 e. The molecule has 24 heavy (non-hydrogen) atoms. The number of carboxylic acid groups (broad SMARTS) is 1. The Balaban J connectivity index is 2.19. The first kappa shape index (κ1) is 16.4. The smallest absolute Gasteiger partial charge is 0.311 e. The minimum atomic E-state index is -1.07. The van der Waals surface area contributed by atoms with E-state index in [-0.39, 0.29) is 23.9 Å². The molecule has 1 aliphatic rings. The number of nitro groups is 1. The standard InChI is InChI=1S/C16H19N3O5/c1-2-10(16(20)21)15-11-9-17-18(14-5-3-4-8-24-14)12(11)6-7-13(15)19(22)23/h6-7,9-10,14H,2-5,8H2,1H3,(H,20,21). The van der Waals surface area contributed by atoms with Crippen molar-refractivity contribution in [3.05, 3.63) is 34.0 Å². The van der Waals surface area contributed by atoms with E-state index in [2.05, 4.69) is 5.10 Å². The molecule has 2 atom stereocenters. The maximum absolute atomic E-state index is 11.6. The van der Waals surface area contributed by atoms with Crippen molar-refractivity contribution in [2.75, 3.05) is 6.61 Å². The number of nitrogens with zero attached hydrogens (tertiary/aromatic N) is 3. The molecule has 1 saturated heterocycles. The topological polar surface area (TPSA) is 107 Å². The monoisotopic (exact) mass is 333 g/mol. The fourth-order valence-corrected chi connectivity index (χ4v) is 3.30. The summed E-state index contributed by atoms with van der Waals surface area (Å²) in [6.07, 6.45) is 4.42. The molecule has 1 aromatic carbocycles. The van der Waals surface area contributed by atoms with Crippen molar-refractivity contribution in [2.24, 2.45) is 0 Å². The van der Waals surface area contributed by atoms with Gasteiger partial charge in [-0.1, -0.05) is 6.92 Å². The van der Waals surface area contributed by atoms with Crippen LogP contribution in [0.25, 0.3) is 10.9 Å². The highest BCUT2D eigenvalue weighted by atomic mass is 16.6. The summed E-state index contributed by atoms with van der Waals surface area (Å²) < 4.78 is 7.44. The Labute approximate surface area is 138 Å². The Morgan fingerprint density at radius 2 is 2.33 bits per heavy atom. The normalized spacial score (nSPS) is 19.3. The number of aliphatic carboxylic acids is 1. The molecule has 128 valence electrons. The zero-order chi connectivity index (χ0) is 17.3. The van der Waals surface area contributed by atoms with E-state index < -0.39 is 16.8 Å². The van der Waals surface area contributed by atoms with Crippen LogP contribution in [-0.4, -0.2) is 32.4 Å². The largest absolute Gasteiger partial charge is 0.481 e. The van der Waals surface area contributed by atoms with E-state index in [0.717, 1.165) is 19.3 Å². The number of benzene rings is 1. The highest BCUT2D eigenvalue weighted by Crippen LogP contribution is 2.37. The quantitative estimate of drug-likeness (QED) is 0.665. The van der Waals surface area contributed by atoms with E-state index in [1.807, 2.05) is 0 Å². The van der Waals surface area contributed by atoms with E-state index >= 15 is 0 Å². The second-order valence-electron chi connectivity index (χ2n) is 5.90. The van der Waals surface area contributed by atoms with Gasteiger partial charge < -0.3 is 9.84 Å². The first-order chi connectivity index (χ1) is 11.5. The van der Waals surface area contributed by atoms with Crippen LogP contribution in [0.1, 0.15) is 50.3 Å². The molecule has 0 saturated carbocycles. The van der Waals surface area contributed by atoms with Gasteiger partial charge in [0.05, 0.1) is 28.1 Å². The van der Waals surface area contributed by atoms with Gasteiger partial charge >= 0.3 is 5.97 Å². The average Bonchev–Trinajstić information content (AvgIpc) is 3.00. The molecule has 1 aliphatic heterocycles. The van der Waals surface area contributed by atoms with E-state index in [1.165, 1.54) is 12.3 Å². The third-order valence-corrected chi connectivity index (χ3v) is 4.48. The van der Waals surface area contributed by atoms with Crippen molar-refractivity contribution in [3.8, 4) is 0 Å². The van der Waals surface area contributed by atoms with E-state index in [9.17, 15) is 20.0 Å². The second kappa shape index (κ2) is 6.56. The molecule has 2 aromatic rings. The van der Waals surface area contributed by atoms with Crippen molar-refractivity contribution in [1.29, 1.82) is 0 Å². The summed E-state index contributed by atoms with van der Waals surface area (Å²) in [6.45, 7) is 2.36. The van der Waals surface area contributed by atoms with Gasteiger partial charge in [0.1, 0.15) is 0 Å². The summed E-state index contributed by atoms with van der Waals surface area (Å²) >= 11 is 0. The first-order valence-corrected chi connectivity index (χ1v) is 8.03. The lowest BCUT2D eigenvalue weighted by Crippen LogP contribution is -2.19. The van der Waals surface area contributed by atoms with Gasteiger partial charge in [0, 0.05) is 18.1 Å². The van der Waals surface area contributed by atoms with Crippen LogP contribution in [0.4, 0.5) is 5.69 Å². The van der Waals surface area contributed by atoms with Gasteiger partial charge in [-0.15, -0.1) is 0 Å². The minimum Gasteiger partial charge on any atom is -0.481 e. The van der Waals surface area contributed by atoms with Crippen LogP contribution >= 0.6 is 0 Å². The zero-order valence-corrected chi connectivity index (χ0v) is 13.3. The van der Waals surface area contributed by atoms with Crippen LogP contribution in [0.2, 0.25) is 0 Å². The van der Waals surface area contributed by atoms with Gasteiger partial charge in [-0.2, -0.15) is 5.10 Å². The van der Waals surface area contributed by atoms with Crippen molar-refractivity contribution < 1.29 is 19.6 Å². The summed E-state index contributed by atoms with van der Waals surface area (Å²) in [5.74, 6) is -2.02. The van der Waals surface area contributed by atoms with Gasteiger partial charge in [-0.3, -0.25) is 14.9 Å². The van der Waals surface area contributed by atoms with Crippen LogP contribution in [0.15, 0.2) is 18.3 Å². The van der Waals surface area contributed by atoms with Crippen LogP contribution < -0.4 is 0 Å². The molecule has 0 aliphatic carbocycles. The molecule has 0 bridgehead atoms. The van der Waals surface area contributed by atoms with Crippen LogP contribution in [-0.2, 0) is 9.53 Å². The molecule has 8 nitrogen and oxygen atoms in total. The molecule has 2 unspecified atom stereocenters. The number of aromatic nitrogens is 2. The summed E-state index contributed by atoms with van der Waals surface area (Å²) in [6, 6.07) is 2.99. The van der Waals surface area contributed by atoms with Gasteiger partial charge in [-0.05, 0) is 31.7 Å². The third kappa shape index (κ3) is 2.73. The second-order valence-corrected chi connectivity index (χ2v) is 5.90. The highest BCUT2D eigenvalue weighted by molar-refractivity contribution is 5.92. The number of carboxylic acids is 1. The Hall–Kier alpha value is -2.48. The Morgan fingerprint density at radius 1 is 1.54 bits per heavy atom. The Bertz CT molecular complexity index is 779. The fraction of sp³-hybridized carbons (Fsp3) is 0.500. The SMILES string of the molecule is CCC(C(=O)O)c1c([N+](=O)[O-])ccc2c1cnn2C1CCCCO1. The van der Waals surface area contributed by atoms with E-state index in [1.54, 1.807) is 17.7 Å². The Kier molecular flexibility index (Phi) is 4.48. The summed E-state index contributed by atoms with van der Waals surface area (Å²) in [7, 11) is 0. The van der Waals surface area contributed by atoms with Crippen LogP contribution in [0.5, 0.6) is 0 Å². The number of fused-ring (bicyclic) bond motifs is 1. The number of carbonyl (C=O) groups is 1. The Morgan fingerprint density at radius 3 is 2.92 bits per heavy atom. The lowest BCUT2D eigenvalue weighted by molar-refractivity contribution is -0.385. The molecular formula is C16H19N3O5. The maximum atomic E-state index is 11.6. The predicted octanol–water partition coefficient (Wildman–Crippen LogP) is 3.22. The predicted molar refractivity (Wildman–Crippen MR) is 85.9 cm³/mol. The molecule has 1 N–H and O–H groups in total. The van der Waals surface area contributed by atoms with Gasteiger partial charge in [-0.25, -0.2) is 4.68 Å². The zero-order valence-electron chi connectivity index (χ0n) is 13.3. The van der Waals surface area contributed by atoms with Gasteiger partial charge in [0.2, 0.25) is 0 Å². The number of ether oxygens (including phenoxy) is 1. The highest BCUT2D eigenvalue weighted by Gasteiger charge is 2.31. The molecule has 1 fully saturated rings. The molecule has 0 radical (unpaired) electrons. The number of nitro benzene ring substituents is 1. The minimum absolute atomic E-state index is 0.180. The summed E-state index contributed by atoms with van der Waals surface area (Å²) in [4.78, 5) is 22.4. The molecule has 3 rings (SSSR count). The molecule has 2 heterocycles. The summed E-state index contributed by atoms with van der Waals surface area (Å²) in [5, 5.41) is 25.7. The van der Waals surface area contributed by atoms with E-state index in [0.29, 0.717) is 17.5 Å². The lowest BCUT2D eigenvalue weighted by atomic mass is 9.92. The van der Waals surface area contributed by atoms with Gasteiger partial charge in [0.15, 0.2) is 6.23 Å². The molecule has 0 spiro atoms. The number of rotatable bonds is 5. The number of hydrogen-bond donors (Lipinski definition) is 1. The van der Waals surface area contributed by atoms with Crippen molar-refractivity contribution in [2.45, 2.75) is 44.8 Å². The van der Waals surface area contributed by atoms with Crippen molar-refractivity contribution in [1.82, 2.24) is 9.78 Å². The fourth-order valence-electron chi connectivity index (χ4n) is 3.30. The van der Waals surface area contributed by atoms with Crippen molar-refractivity contribution in [3.63, 3.8) is 0 Å². The molecule has 1 aromatic heterocycles. The van der Waals surface area contributed by atoms with Crippen LogP contribution in [0, 0.1) is 10.1 Å². The lowest BCUT2D eigenvalue weighted by Gasteiger charge is -2.23. The third-order valence-electron chi connectivity index (χ3n) is 4.48. The van der Waals surface area contributed by atoms with Gasteiger partial charge in [0.25, 0.3) is 5.69 Å². The first-order valence-electron chi connectivity index (χ1n) is 8.03.